The second kappa shape index (κ2) is 6.39. The van der Waals surface area contributed by atoms with Crippen LogP contribution in [0.15, 0.2) is 40.9 Å². The van der Waals surface area contributed by atoms with Gasteiger partial charge in [-0.3, -0.25) is 0 Å². The van der Waals surface area contributed by atoms with Crippen LogP contribution in [0.5, 0.6) is 5.75 Å². The third-order valence-corrected chi connectivity index (χ3v) is 4.74. The summed E-state index contributed by atoms with van der Waals surface area (Å²) in [5, 5.41) is 4.33. The molecule has 0 saturated carbocycles. The molecule has 4 heteroatoms. The first-order valence-corrected chi connectivity index (χ1v) is 8.24. The lowest BCUT2D eigenvalue weighted by atomic mass is 10.1. The Kier molecular flexibility index (Phi) is 4.53. The van der Waals surface area contributed by atoms with Gasteiger partial charge in [0, 0.05) is 34.1 Å². The van der Waals surface area contributed by atoms with E-state index in [0.29, 0.717) is 0 Å². The highest BCUT2D eigenvalue weighted by Gasteiger charge is 2.18. The molecule has 0 fully saturated rings. The number of hydrogen-bond donors (Lipinski definition) is 1. The Labute approximate surface area is 138 Å². The molecule has 0 aliphatic carbocycles. The van der Waals surface area contributed by atoms with Crippen molar-refractivity contribution in [1.82, 2.24) is 5.32 Å². The maximum Gasteiger partial charge on any atom is 0.127 e. The predicted octanol–water partition coefficient (Wildman–Crippen LogP) is 4.89. The van der Waals surface area contributed by atoms with Gasteiger partial charge in [-0.1, -0.05) is 45.7 Å². The highest BCUT2D eigenvalue weighted by Crippen LogP contribution is 2.33. The number of rotatable bonds is 4. The molecule has 0 amide bonds. The molecule has 1 aliphatic heterocycles. The van der Waals surface area contributed by atoms with Crippen LogP contribution in [0.25, 0.3) is 0 Å². The Balaban J connectivity index is 1.75. The summed E-state index contributed by atoms with van der Waals surface area (Å²) in [7, 11) is 0. The molecule has 1 N–H and O–H groups in total. The van der Waals surface area contributed by atoms with Crippen LogP contribution in [0.4, 0.5) is 0 Å². The van der Waals surface area contributed by atoms with Gasteiger partial charge in [0.25, 0.3) is 0 Å². The lowest BCUT2D eigenvalue weighted by Crippen LogP contribution is -2.18. The van der Waals surface area contributed by atoms with Crippen LogP contribution in [-0.4, -0.2) is 6.61 Å². The van der Waals surface area contributed by atoms with Crippen molar-refractivity contribution in [3.8, 4) is 5.75 Å². The van der Waals surface area contributed by atoms with Crippen molar-refractivity contribution in [2.75, 3.05) is 6.61 Å². The zero-order valence-corrected chi connectivity index (χ0v) is 14.2. The van der Waals surface area contributed by atoms with Crippen LogP contribution in [-0.2, 0) is 13.0 Å². The maximum absolute atomic E-state index is 6.20. The summed E-state index contributed by atoms with van der Waals surface area (Å²) >= 11 is 9.79. The van der Waals surface area contributed by atoms with Crippen molar-refractivity contribution in [3.05, 3.63) is 62.6 Å². The van der Waals surface area contributed by atoms with E-state index < -0.39 is 0 Å². The summed E-state index contributed by atoms with van der Waals surface area (Å²) in [5.41, 5.74) is 3.60. The Morgan fingerprint density at radius 2 is 2.14 bits per heavy atom. The molecule has 0 spiro atoms. The largest absolute Gasteiger partial charge is 0.493 e. The third-order valence-electron chi connectivity index (χ3n) is 3.80. The first-order chi connectivity index (χ1) is 10.1. The van der Waals surface area contributed by atoms with Crippen molar-refractivity contribution in [1.29, 1.82) is 0 Å². The van der Waals surface area contributed by atoms with Crippen molar-refractivity contribution in [2.24, 2.45) is 0 Å². The second-order valence-corrected chi connectivity index (χ2v) is 6.57. The number of halogens is 2. The van der Waals surface area contributed by atoms with Gasteiger partial charge in [0.2, 0.25) is 0 Å². The molecular weight excluding hydrogens is 350 g/mol. The van der Waals surface area contributed by atoms with Crippen molar-refractivity contribution < 1.29 is 4.74 Å². The highest BCUT2D eigenvalue weighted by atomic mass is 79.9. The lowest BCUT2D eigenvalue weighted by molar-refractivity contribution is 0.351. The number of hydrogen-bond acceptors (Lipinski definition) is 2. The smallest absolute Gasteiger partial charge is 0.127 e. The standard InChI is InChI=1S/C17H17BrClNO/c1-11(15-4-2-3-5-16(15)18)20-10-13-9-14(19)8-12-6-7-21-17(12)13/h2-5,8-9,11,20H,6-7,10H2,1H3/t11-/m1/s1. The molecule has 0 aromatic heterocycles. The van der Waals surface area contributed by atoms with E-state index in [2.05, 4.69) is 46.4 Å². The maximum atomic E-state index is 6.20. The molecule has 110 valence electrons. The van der Waals surface area contributed by atoms with Crippen LogP contribution < -0.4 is 10.1 Å². The monoisotopic (exact) mass is 365 g/mol. The summed E-state index contributed by atoms with van der Waals surface area (Å²) < 4.78 is 6.86. The fourth-order valence-electron chi connectivity index (χ4n) is 2.68. The van der Waals surface area contributed by atoms with Crippen LogP contribution in [0.3, 0.4) is 0 Å². The molecule has 1 heterocycles. The summed E-state index contributed by atoms with van der Waals surface area (Å²) in [6, 6.07) is 12.5. The summed E-state index contributed by atoms with van der Waals surface area (Å²) in [6.45, 7) is 3.65. The Bertz CT molecular complexity index is 659. The minimum atomic E-state index is 0.247. The van der Waals surface area contributed by atoms with E-state index in [9.17, 15) is 0 Å². The van der Waals surface area contributed by atoms with Crippen LogP contribution in [0.2, 0.25) is 5.02 Å². The molecule has 0 saturated heterocycles. The summed E-state index contributed by atoms with van der Waals surface area (Å²) in [6.07, 6.45) is 0.947. The number of benzene rings is 2. The van der Waals surface area contributed by atoms with Gasteiger partial charge in [0.05, 0.1) is 6.61 Å². The zero-order chi connectivity index (χ0) is 14.8. The van der Waals surface area contributed by atoms with E-state index >= 15 is 0 Å². The van der Waals surface area contributed by atoms with Gasteiger partial charge in [-0.15, -0.1) is 0 Å². The van der Waals surface area contributed by atoms with Gasteiger partial charge < -0.3 is 10.1 Å². The van der Waals surface area contributed by atoms with Crippen LogP contribution in [0, 0.1) is 0 Å². The molecule has 2 nitrogen and oxygen atoms in total. The minimum Gasteiger partial charge on any atom is -0.493 e. The van der Waals surface area contributed by atoms with Gasteiger partial charge >= 0.3 is 0 Å². The molecule has 3 rings (SSSR count). The molecule has 0 radical (unpaired) electrons. The average molecular weight is 367 g/mol. The molecule has 0 unspecified atom stereocenters. The van der Waals surface area contributed by atoms with Crippen molar-refractivity contribution in [2.45, 2.75) is 25.9 Å². The fraction of sp³-hybridized carbons (Fsp3) is 0.294. The van der Waals surface area contributed by atoms with E-state index in [1.807, 2.05) is 18.2 Å². The second-order valence-electron chi connectivity index (χ2n) is 5.28. The third kappa shape index (κ3) is 3.25. The van der Waals surface area contributed by atoms with E-state index in [-0.39, 0.29) is 6.04 Å². The quantitative estimate of drug-likeness (QED) is 0.832. The van der Waals surface area contributed by atoms with E-state index in [1.54, 1.807) is 0 Å². The molecular formula is C17H17BrClNO. The first-order valence-electron chi connectivity index (χ1n) is 7.07. The summed E-state index contributed by atoms with van der Waals surface area (Å²) in [5.74, 6) is 1.01. The van der Waals surface area contributed by atoms with E-state index in [1.165, 1.54) is 11.1 Å². The van der Waals surface area contributed by atoms with Gasteiger partial charge in [-0.2, -0.15) is 0 Å². The van der Waals surface area contributed by atoms with E-state index in [4.69, 9.17) is 16.3 Å². The fourth-order valence-corrected chi connectivity index (χ4v) is 3.57. The Morgan fingerprint density at radius 1 is 1.33 bits per heavy atom. The molecule has 21 heavy (non-hydrogen) atoms. The topological polar surface area (TPSA) is 21.3 Å². The summed E-state index contributed by atoms with van der Waals surface area (Å²) in [4.78, 5) is 0. The highest BCUT2D eigenvalue weighted by molar-refractivity contribution is 9.10. The molecule has 2 aromatic carbocycles. The van der Waals surface area contributed by atoms with Gasteiger partial charge in [0.15, 0.2) is 0 Å². The van der Waals surface area contributed by atoms with Crippen LogP contribution >= 0.6 is 27.5 Å². The number of nitrogens with one attached hydrogen (secondary N) is 1. The van der Waals surface area contributed by atoms with Crippen LogP contribution in [0.1, 0.15) is 29.7 Å². The Hall–Kier alpha value is -1.03. The van der Waals surface area contributed by atoms with E-state index in [0.717, 1.165) is 40.4 Å². The predicted molar refractivity (Wildman–Crippen MR) is 90.0 cm³/mol. The lowest BCUT2D eigenvalue weighted by Gasteiger charge is -2.17. The average Bonchev–Trinajstić information content (AvgIpc) is 2.93. The molecule has 0 bridgehead atoms. The molecule has 1 aliphatic rings. The first kappa shape index (κ1) is 14.9. The van der Waals surface area contributed by atoms with Crippen molar-refractivity contribution in [3.63, 3.8) is 0 Å². The minimum absolute atomic E-state index is 0.247. The van der Waals surface area contributed by atoms with Crippen molar-refractivity contribution >= 4 is 27.5 Å². The van der Waals surface area contributed by atoms with Gasteiger partial charge in [0.1, 0.15) is 5.75 Å². The zero-order valence-electron chi connectivity index (χ0n) is 11.8. The SMILES string of the molecule is C[C@@H](NCc1cc(Cl)cc2c1OCC2)c1ccccc1Br. The van der Waals surface area contributed by atoms with Gasteiger partial charge in [-0.05, 0) is 36.2 Å². The normalized spacial score (nSPS) is 14.6. The molecule has 2 aromatic rings. The Morgan fingerprint density at radius 3 is 2.95 bits per heavy atom. The number of fused-ring (bicyclic) bond motifs is 1. The van der Waals surface area contributed by atoms with Gasteiger partial charge in [-0.25, -0.2) is 0 Å². The number of ether oxygens (including phenoxy) is 1. The molecule has 1 atom stereocenters.